The molecule has 0 aliphatic rings. The van der Waals surface area contributed by atoms with E-state index in [9.17, 15) is 0 Å². The van der Waals surface area contributed by atoms with Crippen LogP contribution in [0.2, 0.25) is 0 Å². The van der Waals surface area contributed by atoms with Gasteiger partial charge in [-0.2, -0.15) is 0 Å². The molecule has 6 nitrogen and oxygen atoms in total. The molecule has 0 unspecified atom stereocenters. The van der Waals surface area contributed by atoms with E-state index in [4.69, 9.17) is 4.74 Å². The van der Waals surface area contributed by atoms with Gasteiger partial charge in [-0.1, -0.05) is 18.2 Å². The molecule has 0 saturated heterocycles. The van der Waals surface area contributed by atoms with Gasteiger partial charge in [0.1, 0.15) is 12.4 Å². The SMILES string of the molecule is CCN(CCCNC(=NC)NCCOc1cccnc1)c1ccccc1. The Morgan fingerprint density at radius 2 is 1.92 bits per heavy atom. The zero-order valence-electron chi connectivity index (χ0n) is 15.7. The number of hydrogen-bond donors (Lipinski definition) is 2. The molecule has 0 aliphatic carbocycles. The van der Waals surface area contributed by atoms with Gasteiger partial charge in [0.15, 0.2) is 5.96 Å². The molecule has 1 aromatic heterocycles. The number of nitrogens with zero attached hydrogens (tertiary/aromatic N) is 3. The van der Waals surface area contributed by atoms with Gasteiger partial charge in [0.05, 0.1) is 12.7 Å². The Kier molecular flexibility index (Phi) is 8.83. The lowest BCUT2D eigenvalue weighted by Crippen LogP contribution is -2.40. The number of pyridine rings is 1. The molecule has 0 spiro atoms. The van der Waals surface area contributed by atoms with E-state index in [1.54, 1.807) is 19.4 Å². The number of ether oxygens (including phenoxy) is 1. The smallest absolute Gasteiger partial charge is 0.191 e. The van der Waals surface area contributed by atoms with E-state index in [0.29, 0.717) is 13.2 Å². The summed E-state index contributed by atoms with van der Waals surface area (Å²) in [4.78, 5) is 10.6. The van der Waals surface area contributed by atoms with Crippen molar-refractivity contribution in [2.75, 3.05) is 44.7 Å². The second kappa shape index (κ2) is 11.7. The fourth-order valence-corrected chi connectivity index (χ4v) is 2.58. The van der Waals surface area contributed by atoms with Gasteiger partial charge in [-0.15, -0.1) is 0 Å². The molecular formula is C20H29N5O. The third-order valence-electron chi connectivity index (χ3n) is 3.92. The summed E-state index contributed by atoms with van der Waals surface area (Å²) in [5.41, 5.74) is 1.27. The molecule has 6 heteroatoms. The van der Waals surface area contributed by atoms with Gasteiger partial charge >= 0.3 is 0 Å². The second-order valence-electron chi connectivity index (χ2n) is 5.73. The van der Waals surface area contributed by atoms with Gasteiger partial charge in [-0.05, 0) is 37.6 Å². The molecule has 0 amide bonds. The van der Waals surface area contributed by atoms with Crippen molar-refractivity contribution in [1.82, 2.24) is 15.6 Å². The number of benzene rings is 1. The van der Waals surface area contributed by atoms with Crippen LogP contribution in [0.25, 0.3) is 0 Å². The molecule has 2 N–H and O–H groups in total. The van der Waals surface area contributed by atoms with Crippen LogP contribution in [0.3, 0.4) is 0 Å². The van der Waals surface area contributed by atoms with Crippen LogP contribution in [0.1, 0.15) is 13.3 Å². The van der Waals surface area contributed by atoms with Crippen molar-refractivity contribution in [3.8, 4) is 5.75 Å². The maximum atomic E-state index is 5.61. The quantitative estimate of drug-likeness (QED) is 0.390. The summed E-state index contributed by atoms with van der Waals surface area (Å²) in [6.45, 7) is 6.30. The molecule has 2 aromatic rings. The molecule has 26 heavy (non-hydrogen) atoms. The summed E-state index contributed by atoms with van der Waals surface area (Å²) in [6, 6.07) is 14.3. The summed E-state index contributed by atoms with van der Waals surface area (Å²) in [7, 11) is 1.78. The first-order chi connectivity index (χ1) is 12.8. The minimum atomic E-state index is 0.560. The predicted molar refractivity (Wildman–Crippen MR) is 108 cm³/mol. The van der Waals surface area contributed by atoms with Gasteiger partial charge in [0.2, 0.25) is 0 Å². The van der Waals surface area contributed by atoms with Crippen LogP contribution >= 0.6 is 0 Å². The zero-order chi connectivity index (χ0) is 18.5. The van der Waals surface area contributed by atoms with E-state index >= 15 is 0 Å². The highest BCUT2D eigenvalue weighted by atomic mass is 16.5. The monoisotopic (exact) mass is 355 g/mol. The number of rotatable bonds is 10. The van der Waals surface area contributed by atoms with Crippen LogP contribution in [0.15, 0.2) is 59.9 Å². The van der Waals surface area contributed by atoms with E-state index in [-0.39, 0.29) is 0 Å². The number of guanidine groups is 1. The third kappa shape index (κ3) is 7.01. The lowest BCUT2D eigenvalue weighted by atomic mass is 10.2. The Morgan fingerprint density at radius 3 is 2.62 bits per heavy atom. The van der Waals surface area contributed by atoms with Crippen LogP contribution in [0, 0.1) is 0 Å². The summed E-state index contributed by atoms with van der Waals surface area (Å²) in [6.07, 6.45) is 4.48. The van der Waals surface area contributed by atoms with Crippen molar-refractivity contribution >= 4 is 11.6 Å². The lowest BCUT2D eigenvalue weighted by Gasteiger charge is -2.23. The van der Waals surface area contributed by atoms with Crippen LogP contribution in [0.4, 0.5) is 5.69 Å². The molecule has 0 atom stereocenters. The number of anilines is 1. The van der Waals surface area contributed by atoms with Gasteiger partial charge < -0.3 is 20.3 Å². The Labute approximate surface area is 156 Å². The fraction of sp³-hybridized carbons (Fsp3) is 0.400. The van der Waals surface area contributed by atoms with E-state index in [2.05, 4.69) is 56.7 Å². The van der Waals surface area contributed by atoms with Gasteiger partial charge in [-0.25, -0.2) is 0 Å². The van der Waals surface area contributed by atoms with Crippen LogP contribution < -0.4 is 20.3 Å². The summed E-state index contributed by atoms with van der Waals surface area (Å²) >= 11 is 0. The molecule has 0 fully saturated rings. The molecule has 140 valence electrons. The Bertz CT molecular complexity index is 633. The molecule has 0 aliphatic heterocycles. The molecular weight excluding hydrogens is 326 g/mol. The highest BCUT2D eigenvalue weighted by Gasteiger charge is 2.03. The van der Waals surface area contributed by atoms with Gasteiger partial charge in [0.25, 0.3) is 0 Å². The third-order valence-corrected chi connectivity index (χ3v) is 3.92. The first-order valence-corrected chi connectivity index (χ1v) is 9.10. The number of aliphatic imine (C=N–C) groups is 1. The van der Waals surface area contributed by atoms with Crippen molar-refractivity contribution < 1.29 is 4.74 Å². The molecule has 1 aromatic carbocycles. The Balaban J connectivity index is 1.61. The first kappa shape index (κ1) is 19.6. The van der Waals surface area contributed by atoms with Crippen molar-refractivity contribution in [3.63, 3.8) is 0 Å². The molecule has 1 heterocycles. The zero-order valence-corrected chi connectivity index (χ0v) is 15.7. The number of para-hydroxylation sites is 1. The average Bonchev–Trinajstić information content (AvgIpc) is 2.71. The topological polar surface area (TPSA) is 61.8 Å². The van der Waals surface area contributed by atoms with Crippen LogP contribution in [-0.2, 0) is 0 Å². The number of hydrogen-bond acceptors (Lipinski definition) is 4. The van der Waals surface area contributed by atoms with E-state index in [1.807, 2.05) is 18.2 Å². The minimum absolute atomic E-state index is 0.560. The maximum absolute atomic E-state index is 5.61. The van der Waals surface area contributed by atoms with E-state index in [0.717, 1.165) is 37.8 Å². The summed E-state index contributed by atoms with van der Waals surface area (Å²) < 4.78 is 5.61. The minimum Gasteiger partial charge on any atom is -0.490 e. The van der Waals surface area contributed by atoms with Crippen molar-refractivity contribution in [2.45, 2.75) is 13.3 Å². The fourth-order valence-electron chi connectivity index (χ4n) is 2.58. The lowest BCUT2D eigenvalue weighted by molar-refractivity contribution is 0.320. The van der Waals surface area contributed by atoms with Crippen molar-refractivity contribution in [2.24, 2.45) is 4.99 Å². The highest BCUT2D eigenvalue weighted by molar-refractivity contribution is 5.79. The van der Waals surface area contributed by atoms with Gasteiger partial charge in [-0.3, -0.25) is 9.98 Å². The largest absolute Gasteiger partial charge is 0.490 e. The van der Waals surface area contributed by atoms with Crippen molar-refractivity contribution in [1.29, 1.82) is 0 Å². The molecule has 0 bridgehead atoms. The van der Waals surface area contributed by atoms with Gasteiger partial charge in [0, 0.05) is 38.6 Å². The number of nitrogens with one attached hydrogen (secondary N) is 2. The maximum Gasteiger partial charge on any atom is 0.191 e. The van der Waals surface area contributed by atoms with E-state index < -0.39 is 0 Å². The summed E-state index contributed by atoms with van der Waals surface area (Å²) in [5.74, 6) is 1.57. The molecule has 0 radical (unpaired) electrons. The standard InChI is InChI=1S/C20H29N5O/c1-3-25(18-9-5-4-6-10-18)15-8-13-23-20(21-2)24-14-16-26-19-11-7-12-22-17-19/h4-7,9-12,17H,3,8,13-16H2,1-2H3,(H2,21,23,24). The van der Waals surface area contributed by atoms with Crippen LogP contribution in [0.5, 0.6) is 5.75 Å². The Morgan fingerprint density at radius 1 is 1.12 bits per heavy atom. The molecule has 2 rings (SSSR count). The van der Waals surface area contributed by atoms with E-state index in [1.165, 1.54) is 5.69 Å². The number of aromatic nitrogens is 1. The highest BCUT2D eigenvalue weighted by Crippen LogP contribution is 2.12. The summed E-state index contributed by atoms with van der Waals surface area (Å²) in [5, 5.41) is 6.60. The van der Waals surface area contributed by atoms with Crippen LogP contribution in [-0.4, -0.2) is 50.8 Å². The normalized spacial score (nSPS) is 11.1. The Hall–Kier alpha value is -2.76. The average molecular weight is 355 g/mol. The van der Waals surface area contributed by atoms with Crippen molar-refractivity contribution in [3.05, 3.63) is 54.9 Å². The predicted octanol–water partition coefficient (Wildman–Crippen LogP) is 2.54. The molecule has 0 saturated carbocycles. The first-order valence-electron chi connectivity index (χ1n) is 9.10. The second-order valence-corrected chi connectivity index (χ2v) is 5.73.